The number of nitrogens with zero attached hydrogens (tertiary/aromatic N) is 6. The molecule has 1 N–H and O–H groups in total. The number of fused-ring (bicyclic) bond motifs is 1. The van der Waals surface area contributed by atoms with Gasteiger partial charge in [-0.25, -0.2) is 18.2 Å². The Bertz CT molecular complexity index is 1660. The van der Waals surface area contributed by atoms with Crippen LogP contribution in [0.4, 0.5) is 24.5 Å². The molecule has 9 nitrogen and oxygen atoms in total. The number of piperidine rings is 1. The van der Waals surface area contributed by atoms with E-state index >= 15 is 0 Å². The van der Waals surface area contributed by atoms with Crippen LogP contribution in [-0.2, 0) is 11.3 Å². The van der Waals surface area contributed by atoms with Gasteiger partial charge in [-0.05, 0) is 37.5 Å². The van der Waals surface area contributed by atoms with Gasteiger partial charge in [-0.3, -0.25) is 24.2 Å². The first-order valence-electron chi connectivity index (χ1n) is 12.4. The van der Waals surface area contributed by atoms with Gasteiger partial charge in [-0.2, -0.15) is 5.10 Å². The van der Waals surface area contributed by atoms with Crippen molar-refractivity contribution < 1.29 is 22.8 Å². The van der Waals surface area contributed by atoms with Crippen LogP contribution in [0.2, 0.25) is 5.02 Å². The summed E-state index contributed by atoms with van der Waals surface area (Å²) in [5.74, 6) is -0.976. The number of alkyl halides is 2. The Balaban J connectivity index is 1.15. The van der Waals surface area contributed by atoms with Crippen LogP contribution < -0.4 is 10.2 Å². The van der Waals surface area contributed by atoms with E-state index in [1.807, 2.05) is 19.1 Å². The fourth-order valence-electron chi connectivity index (χ4n) is 4.95. The summed E-state index contributed by atoms with van der Waals surface area (Å²) in [6.07, 6.45) is 3.22. The quantitative estimate of drug-likeness (QED) is 0.335. The predicted molar refractivity (Wildman–Crippen MR) is 140 cm³/mol. The largest absolute Gasteiger partial charge is 0.318 e. The Morgan fingerprint density at radius 3 is 2.73 bits per heavy atom. The second-order valence-corrected chi connectivity index (χ2v) is 10.2. The van der Waals surface area contributed by atoms with E-state index in [4.69, 9.17) is 11.6 Å². The smallest absolute Gasteiger partial charge is 0.275 e. The highest BCUT2D eigenvalue weighted by Crippen LogP contribution is 2.47. The lowest BCUT2D eigenvalue weighted by molar-refractivity contribution is -0.118. The van der Waals surface area contributed by atoms with Gasteiger partial charge in [-0.1, -0.05) is 17.7 Å². The highest BCUT2D eigenvalue weighted by Gasteiger charge is 2.52. The van der Waals surface area contributed by atoms with Gasteiger partial charge in [0.05, 0.1) is 58.6 Å². The molecule has 13 heteroatoms. The fourth-order valence-corrected chi connectivity index (χ4v) is 5.11. The number of amides is 2. The number of aryl methyl sites for hydroxylation is 1. The van der Waals surface area contributed by atoms with Crippen molar-refractivity contribution in [2.24, 2.45) is 11.8 Å². The average Bonchev–Trinajstić information content (AvgIpc) is 3.46. The van der Waals surface area contributed by atoms with Gasteiger partial charge in [0.15, 0.2) is 5.82 Å². The molecule has 2 amide bonds. The van der Waals surface area contributed by atoms with Crippen LogP contribution >= 0.6 is 11.6 Å². The summed E-state index contributed by atoms with van der Waals surface area (Å²) < 4.78 is 43.3. The Kier molecular flexibility index (Phi) is 6.49. The molecular weight excluding hydrogens is 547 g/mol. The van der Waals surface area contributed by atoms with E-state index < -0.39 is 29.3 Å². The van der Waals surface area contributed by atoms with Crippen molar-refractivity contribution in [3.8, 4) is 11.3 Å². The molecule has 0 spiro atoms. The number of anilines is 2. The zero-order valence-electron chi connectivity index (χ0n) is 21.0. The molecule has 204 valence electrons. The summed E-state index contributed by atoms with van der Waals surface area (Å²) in [5, 5.41) is 6.51. The second-order valence-electron chi connectivity index (χ2n) is 9.75. The van der Waals surface area contributed by atoms with Crippen molar-refractivity contribution in [3.63, 3.8) is 0 Å². The van der Waals surface area contributed by atoms with Crippen molar-refractivity contribution in [1.29, 1.82) is 0 Å². The summed E-state index contributed by atoms with van der Waals surface area (Å²) in [5.41, 5.74) is 1.02. The van der Waals surface area contributed by atoms with Crippen LogP contribution in [0.25, 0.3) is 11.3 Å². The van der Waals surface area contributed by atoms with E-state index in [0.29, 0.717) is 18.2 Å². The molecule has 4 aromatic rings. The second kappa shape index (κ2) is 10.0. The minimum atomic E-state index is -2.99. The number of aromatic nitrogens is 5. The van der Waals surface area contributed by atoms with E-state index in [1.165, 1.54) is 6.20 Å². The number of carbonyl (C=O) groups excluding carboxylic acids is 2. The number of nitrogens with one attached hydrogen (secondary N) is 1. The van der Waals surface area contributed by atoms with Gasteiger partial charge < -0.3 is 10.2 Å². The molecule has 6 rings (SSSR count). The lowest BCUT2D eigenvalue weighted by Crippen LogP contribution is -2.28. The van der Waals surface area contributed by atoms with Gasteiger partial charge in [0.2, 0.25) is 5.91 Å². The molecular formula is C27H21ClF3N7O2. The minimum absolute atomic E-state index is 0.164. The van der Waals surface area contributed by atoms with Crippen molar-refractivity contribution >= 4 is 34.8 Å². The van der Waals surface area contributed by atoms with Gasteiger partial charge in [0.25, 0.3) is 12.3 Å². The molecule has 1 saturated heterocycles. The van der Waals surface area contributed by atoms with Crippen molar-refractivity contribution in [3.05, 3.63) is 82.5 Å². The summed E-state index contributed by atoms with van der Waals surface area (Å²) in [6.45, 7) is 2.91. The Morgan fingerprint density at radius 1 is 1.18 bits per heavy atom. The maximum Gasteiger partial charge on any atom is 0.275 e. The molecule has 1 aliphatic heterocycles. The molecule has 2 fully saturated rings. The number of pyridine rings is 1. The minimum Gasteiger partial charge on any atom is -0.318 e. The number of benzene rings is 1. The maximum absolute atomic E-state index is 14.7. The first kappa shape index (κ1) is 25.9. The third-order valence-electron chi connectivity index (χ3n) is 7.03. The number of halogens is 4. The number of hydrogen-bond donors (Lipinski definition) is 1. The topological polar surface area (TPSA) is 106 Å². The van der Waals surface area contributed by atoms with Crippen LogP contribution in [0.5, 0.6) is 0 Å². The van der Waals surface area contributed by atoms with Crippen LogP contribution in [0.3, 0.4) is 0 Å². The molecule has 0 unspecified atom stereocenters. The Labute approximate surface area is 231 Å². The molecule has 1 saturated carbocycles. The normalized spacial score (nSPS) is 17.9. The zero-order chi connectivity index (χ0) is 28.1. The van der Waals surface area contributed by atoms with Crippen LogP contribution in [-0.4, -0.2) is 43.1 Å². The molecule has 1 aliphatic carbocycles. The lowest BCUT2D eigenvalue weighted by atomic mass is 10.0. The highest BCUT2D eigenvalue weighted by molar-refractivity contribution is 6.31. The third-order valence-corrected chi connectivity index (χ3v) is 7.32. The van der Waals surface area contributed by atoms with Crippen LogP contribution in [0.1, 0.15) is 40.3 Å². The van der Waals surface area contributed by atoms with Gasteiger partial charge in [-0.15, -0.1) is 0 Å². The third kappa shape index (κ3) is 4.79. The molecule has 1 aromatic carbocycles. The van der Waals surface area contributed by atoms with Gasteiger partial charge in [0, 0.05) is 29.8 Å². The van der Waals surface area contributed by atoms with Crippen LogP contribution in [0, 0.1) is 24.6 Å². The standard InChI is InChI=1S/C27H21ClF3N7O2/c1-13-22(38-10-14-6-18(14)27(38)40)5-2-15(34-13)11-37-12-16(7-33-37)35-26(39)21-9-32-8-20(36-21)23-17(25(30)31)3-4-19(28)24(23)29/h2-5,7-9,12,14,18,25H,6,10-11H2,1H3,(H,35,39)/t14-,18-/m1/s1. The summed E-state index contributed by atoms with van der Waals surface area (Å²) in [7, 11) is 0. The molecule has 2 atom stereocenters. The number of rotatable bonds is 7. The number of hydrogen-bond acceptors (Lipinski definition) is 6. The van der Waals surface area contributed by atoms with E-state index in [0.717, 1.165) is 54.6 Å². The molecule has 0 radical (unpaired) electrons. The van der Waals surface area contributed by atoms with Crippen molar-refractivity contribution in [1.82, 2.24) is 24.7 Å². The molecule has 2 aliphatic rings. The highest BCUT2D eigenvalue weighted by atomic mass is 35.5. The molecule has 0 bridgehead atoms. The fraction of sp³-hybridized carbons (Fsp3) is 0.259. The van der Waals surface area contributed by atoms with Crippen molar-refractivity contribution in [2.75, 3.05) is 16.8 Å². The van der Waals surface area contributed by atoms with E-state index in [1.54, 1.807) is 15.8 Å². The van der Waals surface area contributed by atoms with Crippen molar-refractivity contribution in [2.45, 2.75) is 26.3 Å². The lowest BCUT2D eigenvalue weighted by Gasteiger charge is -2.20. The zero-order valence-corrected chi connectivity index (χ0v) is 21.7. The predicted octanol–water partition coefficient (Wildman–Crippen LogP) is 5.06. The van der Waals surface area contributed by atoms with E-state index in [-0.39, 0.29) is 28.2 Å². The maximum atomic E-state index is 14.7. The molecule has 40 heavy (non-hydrogen) atoms. The first-order chi connectivity index (χ1) is 19.2. The average molecular weight is 568 g/mol. The Hall–Kier alpha value is -4.32. The monoisotopic (exact) mass is 567 g/mol. The van der Waals surface area contributed by atoms with E-state index in [9.17, 15) is 22.8 Å². The summed E-state index contributed by atoms with van der Waals surface area (Å²) in [6, 6.07) is 5.76. The SMILES string of the molecule is Cc1nc(Cn2cc(NC(=O)c3cncc(-c4c(C(F)F)ccc(Cl)c4F)n3)cn2)ccc1N1C[C@H]2C[C@H]2C1=O. The van der Waals surface area contributed by atoms with Gasteiger partial charge in [0.1, 0.15) is 5.69 Å². The summed E-state index contributed by atoms with van der Waals surface area (Å²) >= 11 is 5.79. The van der Waals surface area contributed by atoms with Crippen LogP contribution in [0.15, 0.2) is 49.1 Å². The molecule has 4 heterocycles. The first-order valence-corrected chi connectivity index (χ1v) is 12.8. The molecule has 3 aromatic heterocycles. The number of carbonyl (C=O) groups is 2. The van der Waals surface area contributed by atoms with Gasteiger partial charge >= 0.3 is 0 Å². The summed E-state index contributed by atoms with van der Waals surface area (Å²) in [4.78, 5) is 39.6. The Morgan fingerprint density at radius 2 is 2.00 bits per heavy atom. The van der Waals surface area contributed by atoms with E-state index in [2.05, 4.69) is 25.4 Å².